The number of amides is 1. The topological polar surface area (TPSA) is 51.2 Å². The van der Waals surface area contributed by atoms with Crippen LogP contribution in [0.5, 0.6) is 5.75 Å². The minimum absolute atomic E-state index is 0.185. The lowest BCUT2D eigenvalue weighted by molar-refractivity contribution is -0.122. The predicted octanol–water partition coefficient (Wildman–Crippen LogP) is 4.61. The molecule has 0 bridgehead atoms. The molecule has 0 radical (unpaired) electrons. The molecule has 0 saturated heterocycles. The molecule has 1 amide bonds. The van der Waals surface area contributed by atoms with Gasteiger partial charge in [-0.1, -0.05) is 55.5 Å². The SMILES string of the molecule is CC[C@@H](Oc1ccccc1)C(=O)Nc1nc(-c2ccccc2)cs1. The van der Waals surface area contributed by atoms with E-state index >= 15 is 0 Å². The standard InChI is InChI=1S/C19H18N2O2S/c1-2-17(23-15-11-7-4-8-12-15)18(22)21-19-20-16(13-24-19)14-9-5-3-6-10-14/h3-13,17H,2H2,1H3,(H,20,21,22)/t17-/m1/s1. The zero-order valence-electron chi connectivity index (χ0n) is 13.3. The van der Waals surface area contributed by atoms with Gasteiger partial charge in [0.1, 0.15) is 5.75 Å². The molecule has 5 heteroatoms. The number of aromatic nitrogens is 1. The number of anilines is 1. The second-order valence-corrected chi connectivity index (χ2v) is 6.08. The quantitative estimate of drug-likeness (QED) is 0.714. The highest BCUT2D eigenvalue weighted by atomic mass is 32.1. The third kappa shape index (κ3) is 4.00. The fourth-order valence-corrected chi connectivity index (χ4v) is 2.97. The van der Waals surface area contributed by atoms with Gasteiger partial charge < -0.3 is 4.74 Å². The van der Waals surface area contributed by atoms with Crippen molar-refractivity contribution in [2.24, 2.45) is 0 Å². The van der Waals surface area contributed by atoms with Gasteiger partial charge in [-0.2, -0.15) is 0 Å². The van der Waals surface area contributed by atoms with E-state index in [0.717, 1.165) is 11.3 Å². The van der Waals surface area contributed by atoms with Gasteiger partial charge in [0.2, 0.25) is 0 Å². The van der Waals surface area contributed by atoms with E-state index in [-0.39, 0.29) is 5.91 Å². The van der Waals surface area contributed by atoms with E-state index in [2.05, 4.69) is 10.3 Å². The average Bonchev–Trinajstić information content (AvgIpc) is 3.09. The van der Waals surface area contributed by atoms with Crippen LogP contribution in [0.15, 0.2) is 66.0 Å². The zero-order chi connectivity index (χ0) is 16.8. The number of hydrogen-bond donors (Lipinski definition) is 1. The number of hydrogen-bond acceptors (Lipinski definition) is 4. The van der Waals surface area contributed by atoms with Gasteiger partial charge in [-0.15, -0.1) is 11.3 Å². The Morgan fingerprint density at radius 3 is 2.46 bits per heavy atom. The minimum Gasteiger partial charge on any atom is -0.481 e. The summed E-state index contributed by atoms with van der Waals surface area (Å²) in [4.78, 5) is 16.9. The number of thiazole rings is 1. The maximum Gasteiger partial charge on any atom is 0.267 e. The molecule has 1 N–H and O–H groups in total. The van der Waals surface area contributed by atoms with Crippen LogP contribution >= 0.6 is 11.3 Å². The summed E-state index contributed by atoms with van der Waals surface area (Å²) in [5, 5.41) is 5.36. The van der Waals surface area contributed by atoms with E-state index in [4.69, 9.17) is 4.74 Å². The molecule has 0 fully saturated rings. The van der Waals surface area contributed by atoms with Crippen LogP contribution in [0.25, 0.3) is 11.3 Å². The van der Waals surface area contributed by atoms with Gasteiger partial charge in [0.15, 0.2) is 11.2 Å². The summed E-state index contributed by atoms with van der Waals surface area (Å²) in [5.41, 5.74) is 1.88. The average molecular weight is 338 g/mol. The molecule has 0 aliphatic carbocycles. The van der Waals surface area contributed by atoms with Gasteiger partial charge in [-0.25, -0.2) is 4.98 Å². The van der Waals surface area contributed by atoms with Crippen molar-refractivity contribution in [3.63, 3.8) is 0 Å². The lowest BCUT2D eigenvalue weighted by Gasteiger charge is -2.16. The second kappa shape index (κ2) is 7.75. The van der Waals surface area contributed by atoms with E-state index in [0.29, 0.717) is 17.3 Å². The van der Waals surface area contributed by atoms with Crippen LogP contribution in [0.4, 0.5) is 5.13 Å². The normalized spacial score (nSPS) is 11.7. The van der Waals surface area contributed by atoms with Gasteiger partial charge >= 0.3 is 0 Å². The first-order chi connectivity index (χ1) is 11.8. The molecule has 0 spiro atoms. The summed E-state index contributed by atoms with van der Waals surface area (Å²) in [6.45, 7) is 1.92. The van der Waals surface area contributed by atoms with Crippen LogP contribution in [-0.2, 0) is 4.79 Å². The monoisotopic (exact) mass is 338 g/mol. The Kier molecular flexibility index (Phi) is 5.23. The molecule has 3 aromatic rings. The van der Waals surface area contributed by atoms with Crippen LogP contribution in [0.2, 0.25) is 0 Å². The molecule has 1 aromatic heterocycles. The Balaban J connectivity index is 1.66. The molecule has 2 aromatic carbocycles. The number of nitrogens with zero attached hydrogens (tertiary/aromatic N) is 1. The van der Waals surface area contributed by atoms with Crippen LogP contribution in [0.1, 0.15) is 13.3 Å². The number of rotatable bonds is 6. The first-order valence-electron chi connectivity index (χ1n) is 7.80. The van der Waals surface area contributed by atoms with E-state index in [1.807, 2.05) is 73.0 Å². The summed E-state index contributed by atoms with van der Waals surface area (Å²) in [5.74, 6) is 0.499. The highest BCUT2D eigenvalue weighted by Crippen LogP contribution is 2.25. The van der Waals surface area contributed by atoms with Gasteiger partial charge in [-0.05, 0) is 18.6 Å². The molecule has 3 rings (SSSR count). The van der Waals surface area contributed by atoms with E-state index in [1.54, 1.807) is 0 Å². The molecular formula is C19H18N2O2S. The Bertz CT molecular complexity index is 787. The van der Waals surface area contributed by atoms with Crippen LogP contribution in [0.3, 0.4) is 0 Å². The van der Waals surface area contributed by atoms with Crippen LogP contribution < -0.4 is 10.1 Å². The Hall–Kier alpha value is -2.66. The molecule has 0 unspecified atom stereocenters. The van der Waals surface area contributed by atoms with Gasteiger partial charge in [0.25, 0.3) is 5.91 Å². The number of benzene rings is 2. The number of carbonyl (C=O) groups excluding carboxylic acids is 1. The summed E-state index contributed by atoms with van der Waals surface area (Å²) < 4.78 is 5.75. The van der Waals surface area contributed by atoms with Crippen molar-refractivity contribution in [3.05, 3.63) is 66.0 Å². The van der Waals surface area contributed by atoms with Crippen LogP contribution in [0, 0.1) is 0 Å². The van der Waals surface area contributed by atoms with Crippen molar-refractivity contribution < 1.29 is 9.53 Å². The molecule has 1 heterocycles. The van der Waals surface area contributed by atoms with E-state index < -0.39 is 6.10 Å². The second-order valence-electron chi connectivity index (χ2n) is 5.22. The highest BCUT2D eigenvalue weighted by Gasteiger charge is 2.19. The number of ether oxygens (including phenoxy) is 1. The van der Waals surface area contributed by atoms with Crippen LogP contribution in [-0.4, -0.2) is 17.0 Å². The van der Waals surface area contributed by atoms with Crippen molar-refractivity contribution in [1.29, 1.82) is 0 Å². The summed E-state index contributed by atoms with van der Waals surface area (Å²) in [7, 11) is 0. The number of para-hydroxylation sites is 1. The molecule has 0 saturated carbocycles. The van der Waals surface area contributed by atoms with Crippen molar-refractivity contribution in [2.75, 3.05) is 5.32 Å². The third-order valence-electron chi connectivity index (χ3n) is 3.49. The molecule has 1 atom stereocenters. The predicted molar refractivity (Wildman–Crippen MR) is 97.3 cm³/mol. The Morgan fingerprint density at radius 1 is 1.12 bits per heavy atom. The molecule has 0 aliphatic rings. The maximum atomic E-state index is 12.4. The molecular weight excluding hydrogens is 320 g/mol. The van der Waals surface area contributed by atoms with E-state index in [1.165, 1.54) is 11.3 Å². The molecule has 4 nitrogen and oxygen atoms in total. The van der Waals surface area contributed by atoms with Gasteiger partial charge in [0.05, 0.1) is 5.69 Å². The first kappa shape index (κ1) is 16.2. The van der Waals surface area contributed by atoms with Crippen molar-refractivity contribution in [1.82, 2.24) is 4.98 Å². The number of carbonyl (C=O) groups is 1. The van der Waals surface area contributed by atoms with Crippen molar-refractivity contribution in [2.45, 2.75) is 19.4 Å². The van der Waals surface area contributed by atoms with Gasteiger partial charge in [-0.3, -0.25) is 10.1 Å². The van der Waals surface area contributed by atoms with Crippen molar-refractivity contribution in [3.8, 4) is 17.0 Å². The first-order valence-corrected chi connectivity index (χ1v) is 8.67. The third-order valence-corrected chi connectivity index (χ3v) is 4.25. The zero-order valence-corrected chi connectivity index (χ0v) is 14.1. The number of nitrogens with one attached hydrogen (secondary N) is 1. The van der Waals surface area contributed by atoms with E-state index in [9.17, 15) is 4.79 Å². The Labute approximate surface area is 145 Å². The van der Waals surface area contributed by atoms with Crippen molar-refractivity contribution >= 4 is 22.4 Å². The molecule has 122 valence electrons. The smallest absolute Gasteiger partial charge is 0.267 e. The molecule has 24 heavy (non-hydrogen) atoms. The molecule has 0 aliphatic heterocycles. The maximum absolute atomic E-state index is 12.4. The fourth-order valence-electron chi connectivity index (χ4n) is 2.24. The summed E-state index contributed by atoms with van der Waals surface area (Å²) in [6.07, 6.45) is 0.0361. The lowest BCUT2D eigenvalue weighted by Crippen LogP contribution is -2.32. The summed E-state index contributed by atoms with van der Waals surface area (Å²) >= 11 is 1.41. The highest BCUT2D eigenvalue weighted by molar-refractivity contribution is 7.14. The fraction of sp³-hybridized carbons (Fsp3) is 0.158. The summed E-state index contributed by atoms with van der Waals surface area (Å²) in [6, 6.07) is 19.2. The minimum atomic E-state index is -0.545. The van der Waals surface area contributed by atoms with Gasteiger partial charge in [0, 0.05) is 10.9 Å². The Morgan fingerprint density at radius 2 is 1.79 bits per heavy atom. The lowest BCUT2D eigenvalue weighted by atomic mass is 10.2. The largest absolute Gasteiger partial charge is 0.481 e.